The van der Waals surface area contributed by atoms with Gasteiger partial charge in [-0.05, 0) is 60.7 Å². The van der Waals surface area contributed by atoms with E-state index in [1.54, 1.807) is 6.20 Å². The zero-order valence-electron chi connectivity index (χ0n) is 10.3. The Hall–Kier alpha value is -1.24. The van der Waals surface area contributed by atoms with E-state index in [1.807, 2.05) is 38.1 Å². The van der Waals surface area contributed by atoms with Crippen molar-refractivity contribution in [3.8, 4) is 5.88 Å². The van der Waals surface area contributed by atoms with E-state index in [-0.39, 0.29) is 6.10 Å². The van der Waals surface area contributed by atoms with E-state index in [2.05, 4.69) is 32.9 Å². The Kier molecular flexibility index (Phi) is 4.46. The summed E-state index contributed by atoms with van der Waals surface area (Å²) in [6.07, 6.45) is 1.82. The first-order valence-corrected chi connectivity index (χ1v) is 6.83. The van der Waals surface area contributed by atoms with E-state index in [4.69, 9.17) is 9.15 Å². The second-order valence-electron chi connectivity index (χ2n) is 4.08. The molecular formula is C13H15IN2O2. The Labute approximate surface area is 120 Å². The van der Waals surface area contributed by atoms with Crippen LogP contribution in [0.5, 0.6) is 5.88 Å². The molecule has 2 heterocycles. The minimum absolute atomic E-state index is 0.102. The van der Waals surface area contributed by atoms with Crippen molar-refractivity contribution in [1.29, 1.82) is 0 Å². The molecule has 0 radical (unpaired) electrons. The van der Waals surface area contributed by atoms with Crippen LogP contribution in [-0.2, 0) is 6.54 Å². The van der Waals surface area contributed by atoms with Crippen molar-refractivity contribution < 1.29 is 9.15 Å². The maximum Gasteiger partial charge on any atom is 0.237 e. The monoisotopic (exact) mass is 358 g/mol. The molecule has 18 heavy (non-hydrogen) atoms. The number of rotatable bonds is 5. The second kappa shape index (κ2) is 6.08. The largest absolute Gasteiger partial charge is 0.473 e. The van der Waals surface area contributed by atoms with Crippen LogP contribution in [0, 0.1) is 3.77 Å². The van der Waals surface area contributed by atoms with E-state index in [9.17, 15) is 0 Å². The van der Waals surface area contributed by atoms with Crippen LogP contribution in [0.1, 0.15) is 19.6 Å². The quantitative estimate of drug-likeness (QED) is 0.829. The van der Waals surface area contributed by atoms with Gasteiger partial charge in [0.25, 0.3) is 0 Å². The highest BCUT2D eigenvalue weighted by Gasteiger charge is 2.07. The minimum atomic E-state index is 0.102. The number of anilines is 1. The number of furan rings is 1. The van der Waals surface area contributed by atoms with Gasteiger partial charge in [0.05, 0.1) is 18.3 Å². The Bertz CT molecular complexity index is 511. The number of nitrogens with one attached hydrogen (secondary N) is 1. The van der Waals surface area contributed by atoms with E-state index in [1.165, 1.54) is 0 Å². The molecular weight excluding hydrogens is 343 g/mol. The van der Waals surface area contributed by atoms with Gasteiger partial charge in [-0.1, -0.05) is 0 Å². The van der Waals surface area contributed by atoms with Crippen molar-refractivity contribution in [3.05, 3.63) is 40.0 Å². The molecule has 0 aliphatic rings. The summed E-state index contributed by atoms with van der Waals surface area (Å²) in [5, 5.41) is 3.26. The highest BCUT2D eigenvalue weighted by atomic mass is 127. The number of hydrogen-bond acceptors (Lipinski definition) is 4. The highest BCUT2D eigenvalue weighted by Crippen LogP contribution is 2.22. The Morgan fingerprint density at radius 3 is 2.89 bits per heavy atom. The van der Waals surface area contributed by atoms with Crippen LogP contribution >= 0.6 is 22.6 Å². The summed E-state index contributed by atoms with van der Waals surface area (Å²) in [6.45, 7) is 4.57. The molecule has 0 aliphatic carbocycles. The van der Waals surface area contributed by atoms with E-state index in [0.29, 0.717) is 12.4 Å². The third-order valence-corrected chi connectivity index (χ3v) is 2.78. The summed E-state index contributed by atoms with van der Waals surface area (Å²) in [7, 11) is 0. The fourth-order valence-corrected chi connectivity index (χ4v) is 1.93. The van der Waals surface area contributed by atoms with Crippen molar-refractivity contribution >= 4 is 28.3 Å². The summed E-state index contributed by atoms with van der Waals surface area (Å²) in [4.78, 5) is 4.22. The molecule has 96 valence electrons. The number of halogens is 1. The third-order valence-electron chi connectivity index (χ3n) is 2.20. The molecule has 0 aliphatic heterocycles. The zero-order valence-corrected chi connectivity index (χ0v) is 12.5. The lowest BCUT2D eigenvalue weighted by atomic mass is 10.3. The van der Waals surface area contributed by atoms with Crippen molar-refractivity contribution in [1.82, 2.24) is 4.98 Å². The molecule has 0 saturated carbocycles. The Balaban J connectivity index is 2.04. The first-order chi connectivity index (χ1) is 8.65. The van der Waals surface area contributed by atoms with Crippen LogP contribution in [0.2, 0.25) is 0 Å². The van der Waals surface area contributed by atoms with Gasteiger partial charge in [-0.15, -0.1) is 0 Å². The van der Waals surface area contributed by atoms with Crippen molar-refractivity contribution in [2.24, 2.45) is 0 Å². The fourth-order valence-electron chi connectivity index (χ4n) is 1.47. The highest BCUT2D eigenvalue weighted by molar-refractivity contribution is 14.1. The van der Waals surface area contributed by atoms with Gasteiger partial charge in [-0.3, -0.25) is 0 Å². The maximum atomic E-state index is 5.63. The fraction of sp³-hybridized carbons (Fsp3) is 0.308. The molecule has 0 atom stereocenters. The average Bonchev–Trinajstić information content (AvgIpc) is 2.73. The van der Waals surface area contributed by atoms with Crippen molar-refractivity contribution in [2.45, 2.75) is 26.5 Å². The summed E-state index contributed by atoms with van der Waals surface area (Å²) in [5.41, 5.74) is 0.873. The van der Waals surface area contributed by atoms with Gasteiger partial charge in [0.1, 0.15) is 5.76 Å². The van der Waals surface area contributed by atoms with Crippen molar-refractivity contribution in [3.63, 3.8) is 0 Å². The zero-order chi connectivity index (χ0) is 13.0. The molecule has 0 fully saturated rings. The van der Waals surface area contributed by atoms with Gasteiger partial charge in [-0.2, -0.15) is 0 Å². The lowest BCUT2D eigenvalue weighted by molar-refractivity contribution is 0.234. The van der Waals surface area contributed by atoms with Gasteiger partial charge in [0, 0.05) is 6.20 Å². The first-order valence-electron chi connectivity index (χ1n) is 5.75. The third kappa shape index (κ3) is 3.63. The lowest BCUT2D eigenvalue weighted by Gasteiger charge is -2.13. The van der Waals surface area contributed by atoms with Crippen LogP contribution in [0.4, 0.5) is 5.69 Å². The second-order valence-corrected chi connectivity index (χ2v) is 5.15. The predicted octanol–water partition coefficient (Wildman–Crippen LogP) is 3.68. The number of hydrogen-bond donors (Lipinski definition) is 1. The van der Waals surface area contributed by atoms with Crippen LogP contribution < -0.4 is 10.1 Å². The summed E-state index contributed by atoms with van der Waals surface area (Å²) in [6, 6.07) is 7.71. The summed E-state index contributed by atoms with van der Waals surface area (Å²) >= 11 is 2.15. The van der Waals surface area contributed by atoms with E-state index in [0.717, 1.165) is 15.2 Å². The Morgan fingerprint density at radius 1 is 1.39 bits per heavy atom. The number of aromatic nitrogens is 1. The summed E-state index contributed by atoms with van der Waals surface area (Å²) in [5.74, 6) is 1.51. The standard InChI is InChI=1S/C13H15IN2O2/c1-9(2)17-13-11(4-3-7-15-13)16-8-10-5-6-12(14)18-10/h3-7,9,16H,8H2,1-2H3. The van der Waals surface area contributed by atoms with E-state index >= 15 is 0 Å². The molecule has 0 bridgehead atoms. The molecule has 2 rings (SSSR count). The van der Waals surface area contributed by atoms with E-state index < -0.39 is 0 Å². The van der Waals surface area contributed by atoms with Gasteiger partial charge < -0.3 is 14.5 Å². The first kappa shape index (κ1) is 13.2. The topological polar surface area (TPSA) is 47.3 Å². The van der Waals surface area contributed by atoms with Gasteiger partial charge in [-0.25, -0.2) is 4.98 Å². The minimum Gasteiger partial charge on any atom is -0.473 e. The number of pyridine rings is 1. The Morgan fingerprint density at radius 2 is 2.22 bits per heavy atom. The van der Waals surface area contributed by atoms with Crippen LogP contribution in [0.15, 0.2) is 34.9 Å². The van der Waals surface area contributed by atoms with Gasteiger partial charge in [0.15, 0.2) is 3.77 Å². The molecule has 0 aromatic carbocycles. The molecule has 2 aromatic rings. The molecule has 1 N–H and O–H groups in total. The average molecular weight is 358 g/mol. The van der Waals surface area contributed by atoms with Crippen LogP contribution in [0.3, 0.4) is 0 Å². The molecule has 2 aromatic heterocycles. The predicted molar refractivity (Wildman–Crippen MR) is 78.8 cm³/mol. The molecule has 0 spiro atoms. The normalized spacial score (nSPS) is 10.7. The SMILES string of the molecule is CC(C)Oc1ncccc1NCc1ccc(I)o1. The maximum absolute atomic E-state index is 5.63. The van der Waals surface area contributed by atoms with Crippen LogP contribution in [0.25, 0.3) is 0 Å². The lowest BCUT2D eigenvalue weighted by Crippen LogP contribution is -2.09. The molecule has 4 nitrogen and oxygen atoms in total. The number of nitrogens with zero attached hydrogens (tertiary/aromatic N) is 1. The van der Waals surface area contributed by atoms with Crippen molar-refractivity contribution in [2.75, 3.05) is 5.32 Å². The molecule has 0 unspecified atom stereocenters. The number of ether oxygens (including phenoxy) is 1. The molecule has 5 heteroatoms. The van der Waals surface area contributed by atoms with Gasteiger partial charge in [0.2, 0.25) is 5.88 Å². The summed E-state index contributed by atoms with van der Waals surface area (Å²) < 4.78 is 12.0. The van der Waals surface area contributed by atoms with Crippen LogP contribution in [-0.4, -0.2) is 11.1 Å². The molecule has 0 amide bonds. The molecule has 0 saturated heterocycles. The smallest absolute Gasteiger partial charge is 0.237 e. The van der Waals surface area contributed by atoms with Gasteiger partial charge >= 0.3 is 0 Å².